The van der Waals surface area contributed by atoms with Crippen LogP contribution in [0.25, 0.3) is 0 Å². The summed E-state index contributed by atoms with van der Waals surface area (Å²) in [6.45, 7) is 7.50. The molecule has 0 radical (unpaired) electrons. The first kappa shape index (κ1) is 17.2. The van der Waals surface area contributed by atoms with Crippen LogP contribution in [0.15, 0.2) is 4.99 Å². The van der Waals surface area contributed by atoms with Crippen LogP contribution in [0.4, 0.5) is 0 Å². The Labute approximate surface area is 123 Å². The number of rotatable bonds is 6. The highest BCUT2D eigenvalue weighted by atomic mass is 32.2. The molecule has 1 atom stereocenters. The summed E-state index contributed by atoms with van der Waals surface area (Å²) in [5.74, 6) is 2.34. The Morgan fingerprint density at radius 3 is 2.65 bits per heavy atom. The molecular formula is C13H28N4O2S. The number of hydrogen-bond acceptors (Lipinski definition) is 3. The van der Waals surface area contributed by atoms with Gasteiger partial charge in [-0.15, -0.1) is 0 Å². The third kappa shape index (κ3) is 6.56. The number of nitrogens with zero attached hydrogens (tertiary/aromatic N) is 2. The van der Waals surface area contributed by atoms with Crippen molar-refractivity contribution < 1.29 is 8.42 Å². The Morgan fingerprint density at radius 2 is 2.10 bits per heavy atom. The molecule has 0 spiro atoms. The van der Waals surface area contributed by atoms with Gasteiger partial charge in [0.15, 0.2) is 5.96 Å². The molecule has 0 saturated carbocycles. The van der Waals surface area contributed by atoms with Crippen molar-refractivity contribution in [1.29, 1.82) is 0 Å². The van der Waals surface area contributed by atoms with Gasteiger partial charge >= 0.3 is 0 Å². The van der Waals surface area contributed by atoms with Crippen LogP contribution in [0.3, 0.4) is 0 Å². The molecule has 1 rings (SSSR count). The zero-order valence-corrected chi connectivity index (χ0v) is 13.8. The number of hydrogen-bond donors (Lipinski definition) is 2. The van der Waals surface area contributed by atoms with Crippen LogP contribution in [0.1, 0.15) is 26.7 Å². The largest absolute Gasteiger partial charge is 0.355 e. The van der Waals surface area contributed by atoms with Crippen molar-refractivity contribution in [3.8, 4) is 0 Å². The molecule has 7 heteroatoms. The van der Waals surface area contributed by atoms with E-state index in [1.165, 1.54) is 19.1 Å². The van der Waals surface area contributed by atoms with E-state index in [0.717, 1.165) is 30.9 Å². The lowest BCUT2D eigenvalue weighted by Crippen LogP contribution is -2.43. The van der Waals surface area contributed by atoms with E-state index in [9.17, 15) is 8.42 Å². The predicted molar refractivity (Wildman–Crippen MR) is 83.3 cm³/mol. The first-order chi connectivity index (χ1) is 9.31. The van der Waals surface area contributed by atoms with Crippen LogP contribution in [-0.4, -0.2) is 58.8 Å². The average Bonchev–Trinajstić information content (AvgIpc) is 2.75. The van der Waals surface area contributed by atoms with E-state index in [2.05, 4.69) is 33.8 Å². The topological polar surface area (TPSA) is 73.8 Å². The standard InChI is InChI=1S/C13H28N4O2S/c1-11(2)9-12-5-8-17(10-12)13(14-3)15-6-7-16-20(4,18)19/h11-12,16H,5-10H2,1-4H3,(H,14,15). The summed E-state index contributed by atoms with van der Waals surface area (Å²) in [6, 6.07) is 0. The maximum Gasteiger partial charge on any atom is 0.208 e. The van der Waals surface area contributed by atoms with Gasteiger partial charge in [-0.05, 0) is 24.7 Å². The number of sulfonamides is 1. The summed E-state index contributed by atoms with van der Waals surface area (Å²) >= 11 is 0. The summed E-state index contributed by atoms with van der Waals surface area (Å²) in [5.41, 5.74) is 0. The first-order valence-electron chi connectivity index (χ1n) is 7.22. The van der Waals surface area contributed by atoms with Gasteiger partial charge in [-0.1, -0.05) is 13.8 Å². The summed E-state index contributed by atoms with van der Waals surface area (Å²) < 4.78 is 24.4. The minimum Gasteiger partial charge on any atom is -0.355 e. The van der Waals surface area contributed by atoms with E-state index in [-0.39, 0.29) is 0 Å². The fourth-order valence-electron chi connectivity index (χ4n) is 2.63. The molecule has 0 bridgehead atoms. The molecule has 1 unspecified atom stereocenters. The zero-order valence-electron chi connectivity index (χ0n) is 13.0. The maximum atomic E-state index is 11.0. The molecule has 0 aromatic heterocycles. The quantitative estimate of drug-likeness (QED) is 0.425. The molecule has 20 heavy (non-hydrogen) atoms. The molecule has 1 aliphatic rings. The molecule has 0 aromatic carbocycles. The second kappa shape index (κ2) is 7.83. The zero-order chi connectivity index (χ0) is 15.2. The van der Waals surface area contributed by atoms with Crippen molar-refractivity contribution in [2.75, 3.05) is 39.5 Å². The van der Waals surface area contributed by atoms with Gasteiger partial charge in [0.25, 0.3) is 0 Å². The van der Waals surface area contributed by atoms with E-state index in [0.29, 0.717) is 13.1 Å². The van der Waals surface area contributed by atoms with E-state index >= 15 is 0 Å². The molecule has 0 aromatic rings. The monoisotopic (exact) mass is 304 g/mol. The van der Waals surface area contributed by atoms with Crippen molar-refractivity contribution in [3.05, 3.63) is 0 Å². The van der Waals surface area contributed by atoms with Crippen LogP contribution >= 0.6 is 0 Å². The molecule has 118 valence electrons. The lowest BCUT2D eigenvalue weighted by Gasteiger charge is -2.22. The summed E-state index contributed by atoms with van der Waals surface area (Å²) in [6.07, 6.45) is 3.63. The molecule has 1 saturated heterocycles. The van der Waals surface area contributed by atoms with E-state index < -0.39 is 10.0 Å². The van der Waals surface area contributed by atoms with Crippen LogP contribution in [-0.2, 0) is 10.0 Å². The van der Waals surface area contributed by atoms with Gasteiger partial charge in [-0.3, -0.25) is 4.99 Å². The van der Waals surface area contributed by atoms with Gasteiger partial charge in [-0.2, -0.15) is 0 Å². The van der Waals surface area contributed by atoms with Gasteiger partial charge in [0.05, 0.1) is 6.26 Å². The van der Waals surface area contributed by atoms with E-state index in [4.69, 9.17) is 0 Å². The fourth-order valence-corrected chi connectivity index (χ4v) is 3.10. The molecule has 0 aliphatic carbocycles. The van der Waals surface area contributed by atoms with Crippen LogP contribution in [0.2, 0.25) is 0 Å². The second-order valence-electron chi connectivity index (χ2n) is 5.87. The molecule has 6 nitrogen and oxygen atoms in total. The average molecular weight is 304 g/mol. The van der Waals surface area contributed by atoms with Crippen LogP contribution < -0.4 is 10.0 Å². The van der Waals surface area contributed by atoms with Gasteiger partial charge in [0.1, 0.15) is 0 Å². The highest BCUT2D eigenvalue weighted by Crippen LogP contribution is 2.23. The second-order valence-corrected chi connectivity index (χ2v) is 7.70. The van der Waals surface area contributed by atoms with Gasteiger partial charge in [-0.25, -0.2) is 13.1 Å². The molecular weight excluding hydrogens is 276 g/mol. The Hall–Kier alpha value is -0.820. The fraction of sp³-hybridized carbons (Fsp3) is 0.923. The number of likely N-dealkylation sites (tertiary alicyclic amines) is 1. The Balaban J connectivity index is 2.33. The normalized spacial score (nSPS) is 20.8. The smallest absolute Gasteiger partial charge is 0.208 e. The maximum absolute atomic E-state index is 11.0. The lowest BCUT2D eigenvalue weighted by atomic mass is 9.97. The van der Waals surface area contributed by atoms with E-state index in [1.807, 2.05) is 0 Å². The molecule has 1 aliphatic heterocycles. The molecule has 2 N–H and O–H groups in total. The van der Waals surface area contributed by atoms with Gasteiger partial charge in [0.2, 0.25) is 10.0 Å². The number of aliphatic imine (C=N–C) groups is 1. The summed E-state index contributed by atoms with van der Waals surface area (Å²) in [5, 5.41) is 3.21. The van der Waals surface area contributed by atoms with Gasteiger partial charge in [0, 0.05) is 33.2 Å². The van der Waals surface area contributed by atoms with Crippen molar-refractivity contribution in [1.82, 2.24) is 14.9 Å². The van der Waals surface area contributed by atoms with E-state index in [1.54, 1.807) is 7.05 Å². The minimum absolute atomic E-state index is 0.376. The first-order valence-corrected chi connectivity index (χ1v) is 9.11. The Kier molecular flexibility index (Phi) is 6.75. The van der Waals surface area contributed by atoms with Crippen molar-refractivity contribution in [2.24, 2.45) is 16.8 Å². The highest BCUT2D eigenvalue weighted by Gasteiger charge is 2.25. The van der Waals surface area contributed by atoms with Crippen LogP contribution in [0, 0.1) is 11.8 Å². The van der Waals surface area contributed by atoms with Crippen LogP contribution in [0.5, 0.6) is 0 Å². The predicted octanol–water partition coefficient (Wildman–Crippen LogP) is 0.479. The summed E-state index contributed by atoms with van der Waals surface area (Å²) in [7, 11) is -1.35. The molecule has 1 fully saturated rings. The molecule has 1 heterocycles. The number of guanidine groups is 1. The van der Waals surface area contributed by atoms with Gasteiger partial charge < -0.3 is 10.2 Å². The molecule has 0 amide bonds. The lowest BCUT2D eigenvalue weighted by molar-refractivity contribution is 0.404. The summed E-state index contributed by atoms with van der Waals surface area (Å²) in [4.78, 5) is 6.53. The minimum atomic E-state index is -3.11. The Morgan fingerprint density at radius 1 is 1.40 bits per heavy atom. The van der Waals surface area contributed by atoms with Crippen molar-refractivity contribution >= 4 is 16.0 Å². The number of nitrogens with one attached hydrogen (secondary N) is 2. The SMILES string of the molecule is CN=C(NCCNS(C)(=O)=O)N1CCC(CC(C)C)C1. The van der Waals surface area contributed by atoms with Crippen molar-refractivity contribution in [2.45, 2.75) is 26.7 Å². The third-order valence-electron chi connectivity index (χ3n) is 3.37. The van der Waals surface area contributed by atoms with Crippen molar-refractivity contribution in [3.63, 3.8) is 0 Å². The highest BCUT2D eigenvalue weighted by molar-refractivity contribution is 7.88. The third-order valence-corrected chi connectivity index (χ3v) is 4.10. The Bertz CT molecular complexity index is 420.